The van der Waals surface area contributed by atoms with E-state index in [9.17, 15) is 14.4 Å². The van der Waals surface area contributed by atoms with E-state index in [-0.39, 0.29) is 5.82 Å². The van der Waals surface area contributed by atoms with Crippen LogP contribution in [0.25, 0.3) is 10.9 Å². The van der Waals surface area contributed by atoms with Crippen molar-refractivity contribution < 1.29 is 23.4 Å². The van der Waals surface area contributed by atoms with E-state index in [0.29, 0.717) is 51.7 Å². The molecule has 10 heteroatoms. The molecule has 0 unspecified atom stereocenters. The summed E-state index contributed by atoms with van der Waals surface area (Å²) in [5, 5.41) is 15.8. The van der Waals surface area contributed by atoms with Crippen molar-refractivity contribution in [3.8, 4) is 23.3 Å². The molecule has 0 radical (unpaired) electrons. The van der Waals surface area contributed by atoms with Crippen LogP contribution >= 0.6 is 0 Å². The highest BCUT2D eigenvalue weighted by Gasteiger charge is 2.13. The highest BCUT2D eigenvalue weighted by Crippen LogP contribution is 2.33. The number of rotatable bonds is 9. The Bertz CT molecular complexity index is 1500. The van der Waals surface area contributed by atoms with Gasteiger partial charge in [-0.2, -0.15) is 5.26 Å². The van der Waals surface area contributed by atoms with Crippen LogP contribution in [-0.4, -0.2) is 55.4 Å². The van der Waals surface area contributed by atoms with Crippen molar-refractivity contribution in [1.82, 2.24) is 9.88 Å². The Morgan fingerprint density at radius 3 is 2.40 bits per heavy atom. The molecule has 4 aromatic rings. The molecule has 0 spiro atoms. The summed E-state index contributed by atoms with van der Waals surface area (Å²) in [5.41, 5.74) is 2.08. The molecule has 3 aromatic carbocycles. The summed E-state index contributed by atoms with van der Waals surface area (Å²) in [7, 11) is 0. The van der Waals surface area contributed by atoms with Crippen molar-refractivity contribution in [2.75, 3.05) is 50.1 Å². The van der Waals surface area contributed by atoms with Gasteiger partial charge >= 0.3 is 6.03 Å². The number of hydrogen-bond acceptors (Lipinski definition) is 7. The van der Waals surface area contributed by atoms with Crippen molar-refractivity contribution in [1.29, 1.82) is 5.26 Å². The first kappa shape index (κ1) is 26.9. The fourth-order valence-corrected chi connectivity index (χ4v) is 4.30. The zero-order valence-electron chi connectivity index (χ0n) is 21.7. The molecular weight excluding hydrogens is 513 g/mol. The van der Waals surface area contributed by atoms with Gasteiger partial charge in [-0.25, -0.2) is 9.18 Å². The van der Waals surface area contributed by atoms with E-state index in [1.54, 1.807) is 48.7 Å². The van der Waals surface area contributed by atoms with Gasteiger partial charge in [-0.1, -0.05) is 0 Å². The molecule has 1 aromatic heterocycles. The van der Waals surface area contributed by atoms with E-state index in [4.69, 9.17) is 14.2 Å². The number of hydrogen-bond donors (Lipinski definition) is 2. The van der Waals surface area contributed by atoms with Crippen molar-refractivity contribution >= 4 is 28.3 Å². The zero-order chi connectivity index (χ0) is 27.7. The van der Waals surface area contributed by atoms with Gasteiger partial charge in [0.05, 0.1) is 30.9 Å². The third kappa shape index (κ3) is 7.02. The Hall–Kier alpha value is -4.72. The molecule has 1 fully saturated rings. The topological polar surface area (TPSA) is 109 Å². The molecule has 204 valence electrons. The summed E-state index contributed by atoms with van der Waals surface area (Å²) >= 11 is 0. The van der Waals surface area contributed by atoms with Gasteiger partial charge in [-0.05, 0) is 67.1 Å². The minimum Gasteiger partial charge on any atom is -0.492 e. The number of nitrogens with one attached hydrogen (secondary N) is 2. The summed E-state index contributed by atoms with van der Waals surface area (Å²) in [6.07, 6.45) is 2.49. The van der Waals surface area contributed by atoms with Gasteiger partial charge in [0.25, 0.3) is 0 Å². The molecule has 0 aliphatic carbocycles. The second-order valence-electron chi connectivity index (χ2n) is 9.15. The van der Waals surface area contributed by atoms with Crippen molar-refractivity contribution in [3.05, 3.63) is 84.3 Å². The number of urea groups is 1. The summed E-state index contributed by atoms with van der Waals surface area (Å²) in [5.74, 6) is 1.20. The highest BCUT2D eigenvalue weighted by atomic mass is 19.1. The van der Waals surface area contributed by atoms with Crippen LogP contribution in [0.4, 0.5) is 20.6 Å². The first-order valence-corrected chi connectivity index (χ1v) is 12.9. The second-order valence-corrected chi connectivity index (χ2v) is 9.15. The van der Waals surface area contributed by atoms with Crippen LogP contribution in [0.1, 0.15) is 12.0 Å². The fourth-order valence-electron chi connectivity index (χ4n) is 4.30. The number of morpholine rings is 1. The summed E-state index contributed by atoms with van der Waals surface area (Å²) in [4.78, 5) is 19.0. The highest BCUT2D eigenvalue weighted by molar-refractivity contribution is 5.99. The summed E-state index contributed by atoms with van der Waals surface area (Å²) < 4.78 is 30.5. The van der Waals surface area contributed by atoms with Gasteiger partial charge in [0.15, 0.2) is 0 Å². The molecule has 2 amide bonds. The lowest BCUT2D eigenvalue weighted by Gasteiger charge is -2.26. The number of benzene rings is 3. The maximum atomic E-state index is 13.1. The number of carbonyl (C=O) groups is 1. The van der Waals surface area contributed by atoms with Crippen LogP contribution in [-0.2, 0) is 4.74 Å². The molecule has 9 nitrogen and oxygen atoms in total. The lowest BCUT2D eigenvalue weighted by molar-refractivity contribution is 0.0358. The largest absolute Gasteiger partial charge is 0.492 e. The predicted molar refractivity (Wildman–Crippen MR) is 149 cm³/mol. The Morgan fingerprint density at radius 1 is 1.00 bits per heavy atom. The number of fused-ring (bicyclic) bond motifs is 1. The number of nitrogens with zero attached hydrogens (tertiary/aromatic N) is 3. The Kier molecular flexibility index (Phi) is 8.66. The van der Waals surface area contributed by atoms with Gasteiger partial charge in [0, 0.05) is 48.7 Å². The number of carbonyl (C=O) groups excluding carboxylic acids is 1. The fraction of sp³-hybridized carbons (Fsp3) is 0.233. The van der Waals surface area contributed by atoms with E-state index in [0.717, 1.165) is 39.3 Å². The van der Waals surface area contributed by atoms with Gasteiger partial charge < -0.3 is 24.8 Å². The first-order chi connectivity index (χ1) is 19.6. The van der Waals surface area contributed by atoms with Gasteiger partial charge in [-0.3, -0.25) is 9.88 Å². The molecule has 0 saturated carbocycles. The van der Waals surface area contributed by atoms with Crippen LogP contribution < -0.4 is 20.1 Å². The van der Waals surface area contributed by atoms with Crippen LogP contribution in [0.15, 0.2) is 72.9 Å². The average Bonchev–Trinajstić information content (AvgIpc) is 2.98. The predicted octanol–water partition coefficient (Wildman–Crippen LogP) is 5.78. The Morgan fingerprint density at radius 2 is 1.70 bits per heavy atom. The Balaban J connectivity index is 1.21. The molecule has 1 saturated heterocycles. The van der Waals surface area contributed by atoms with Crippen LogP contribution in [0, 0.1) is 17.1 Å². The summed E-state index contributed by atoms with van der Waals surface area (Å²) in [6, 6.07) is 19.3. The molecule has 0 atom stereocenters. The quantitative estimate of drug-likeness (QED) is 0.259. The molecule has 0 bridgehead atoms. The van der Waals surface area contributed by atoms with E-state index in [2.05, 4.69) is 26.6 Å². The molecule has 2 N–H and O–H groups in total. The first-order valence-electron chi connectivity index (χ1n) is 12.9. The zero-order valence-corrected chi connectivity index (χ0v) is 21.7. The van der Waals surface area contributed by atoms with Gasteiger partial charge in [0.1, 0.15) is 29.1 Å². The van der Waals surface area contributed by atoms with Crippen LogP contribution in [0.5, 0.6) is 17.2 Å². The van der Waals surface area contributed by atoms with Gasteiger partial charge in [0.2, 0.25) is 0 Å². The lowest BCUT2D eigenvalue weighted by Crippen LogP contribution is -2.37. The third-order valence-corrected chi connectivity index (χ3v) is 6.35. The minimum absolute atomic E-state index is 0.378. The summed E-state index contributed by atoms with van der Waals surface area (Å²) in [6.45, 7) is 4.79. The number of nitriles is 1. The molecule has 40 heavy (non-hydrogen) atoms. The number of pyridine rings is 1. The number of halogens is 1. The number of anilines is 2. The molecule has 1 aliphatic rings. The second kappa shape index (κ2) is 12.9. The molecule has 2 heterocycles. The number of aromatic nitrogens is 1. The van der Waals surface area contributed by atoms with E-state index < -0.39 is 6.03 Å². The van der Waals surface area contributed by atoms with Crippen molar-refractivity contribution in [3.63, 3.8) is 0 Å². The Labute approximate surface area is 231 Å². The smallest absolute Gasteiger partial charge is 0.323 e. The maximum Gasteiger partial charge on any atom is 0.323 e. The molecule has 1 aliphatic heterocycles. The van der Waals surface area contributed by atoms with Gasteiger partial charge in [-0.15, -0.1) is 0 Å². The standard InChI is InChI=1S/C30H28FN5O4/c31-22-2-4-23(5-3-22)34-30(37)35-24-6-8-25(9-7-24)40-28-10-11-33-27-19-29(21(20-32)18-26(27)28)39-15-1-12-36-13-16-38-17-14-36/h2-11,18-19H,1,12-17H2,(H2,34,35,37). The third-order valence-electron chi connectivity index (χ3n) is 6.35. The van der Waals surface area contributed by atoms with E-state index in [1.165, 1.54) is 24.3 Å². The van der Waals surface area contributed by atoms with Crippen LogP contribution in [0.2, 0.25) is 0 Å². The normalized spacial score (nSPS) is 13.4. The lowest BCUT2D eigenvalue weighted by atomic mass is 10.1. The average molecular weight is 542 g/mol. The minimum atomic E-state index is -0.455. The van der Waals surface area contributed by atoms with E-state index >= 15 is 0 Å². The van der Waals surface area contributed by atoms with Crippen molar-refractivity contribution in [2.24, 2.45) is 0 Å². The number of ether oxygens (including phenoxy) is 3. The monoisotopic (exact) mass is 541 g/mol. The van der Waals surface area contributed by atoms with Crippen molar-refractivity contribution in [2.45, 2.75) is 6.42 Å². The van der Waals surface area contributed by atoms with E-state index in [1.807, 2.05) is 0 Å². The molecular formula is C30H28FN5O4. The maximum absolute atomic E-state index is 13.1. The molecule has 5 rings (SSSR count). The number of amides is 2. The van der Waals surface area contributed by atoms with Crippen LogP contribution in [0.3, 0.4) is 0 Å². The SMILES string of the molecule is N#Cc1cc2c(Oc3ccc(NC(=O)Nc4ccc(F)cc4)cc3)ccnc2cc1OCCCN1CCOCC1.